The molecule has 2 rings (SSSR count). The molecular formula is C19H26FN3O. The second-order valence-electron chi connectivity index (χ2n) is 6.10. The van der Waals surface area contributed by atoms with Gasteiger partial charge in [-0.2, -0.15) is 5.10 Å². The van der Waals surface area contributed by atoms with E-state index in [1.165, 1.54) is 12.1 Å². The summed E-state index contributed by atoms with van der Waals surface area (Å²) in [6.45, 7) is 5.36. The van der Waals surface area contributed by atoms with Gasteiger partial charge in [-0.1, -0.05) is 38.8 Å². The zero-order valence-electron chi connectivity index (χ0n) is 14.8. The summed E-state index contributed by atoms with van der Waals surface area (Å²) in [6, 6.07) is 8.21. The number of benzene rings is 1. The van der Waals surface area contributed by atoms with Crippen molar-refractivity contribution in [2.24, 2.45) is 7.05 Å². The molecule has 0 saturated carbocycles. The maximum absolute atomic E-state index is 13.1. The van der Waals surface area contributed by atoms with Gasteiger partial charge in [0.05, 0.1) is 5.69 Å². The molecule has 4 nitrogen and oxygen atoms in total. The summed E-state index contributed by atoms with van der Waals surface area (Å²) in [4.78, 5) is 14.8. The smallest absolute Gasteiger partial charge is 0.272 e. The number of amides is 1. The summed E-state index contributed by atoms with van der Waals surface area (Å²) >= 11 is 0. The van der Waals surface area contributed by atoms with Crippen molar-refractivity contribution in [2.75, 3.05) is 6.54 Å². The van der Waals surface area contributed by atoms with Crippen LogP contribution >= 0.6 is 0 Å². The van der Waals surface area contributed by atoms with Crippen LogP contribution in [0.3, 0.4) is 0 Å². The molecule has 5 heteroatoms. The van der Waals surface area contributed by atoms with Crippen LogP contribution in [0.5, 0.6) is 0 Å². The molecule has 0 aliphatic carbocycles. The molecule has 1 amide bonds. The van der Waals surface area contributed by atoms with Crippen molar-refractivity contribution in [2.45, 2.75) is 46.1 Å². The Bertz CT molecular complexity index is 664. The van der Waals surface area contributed by atoms with Gasteiger partial charge in [0, 0.05) is 20.1 Å². The zero-order chi connectivity index (χ0) is 17.5. The predicted molar refractivity (Wildman–Crippen MR) is 93.3 cm³/mol. The average Bonchev–Trinajstić information content (AvgIpc) is 2.93. The molecule has 0 unspecified atom stereocenters. The lowest BCUT2D eigenvalue weighted by molar-refractivity contribution is 0.0729. The van der Waals surface area contributed by atoms with Gasteiger partial charge in [0.15, 0.2) is 0 Å². The van der Waals surface area contributed by atoms with E-state index in [1.807, 2.05) is 18.0 Å². The lowest BCUT2D eigenvalue weighted by atomic mass is 10.1. The molecule has 1 aromatic heterocycles. The molecule has 1 aromatic carbocycles. The molecule has 0 saturated heterocycles. The third-order valence-corrected chi connectivity index (χ3v) is 4.01. The molecule has 130 valence electrons. The van der Waals surface area contributed by atoms with E-state index in [1.54, 1.807) is 16.8 Å². The van der Waals surface area contributed by atoms with Gasteiger partial charge in [0.1, 0.15) is 11.5 Å². The fourth-order valence-corrected chi connectivity index (χ4v) is 2.68. The van der Waals surface area contributed by atoms with Gasteiger partial charge in [0.25, 0.3) is 5.91 Å². The van der Waals surface area contributed by atoms with Crippen molar-refractivity contribution >= 4 is 5.91 Å². The molecular weight excluding hydrogens is 305 g/mol. The van der Waals surface area contributed by atoms with Crippen LogP contribution in [0, 0.1) is 5.82 Å². The first kappa shape index (κ1) is 18.2. The van der Waals surface area contributed by atoms with Crippen LogP contribution in [0.1, 0.15) is 54.9 Å². The summed E-state index contributed by atoms with van der Waals surface area (Å²) in [5, 5.41) is 4.42. The average molecular weight is 331 g/mol. The number of unbranched alkanes of at least 4 members (excludes halogenated alkanes) is 1. The molecule has 0 spiro atoms. The summed E-state index contributed by atoms with van der Waals surface area (Å²) in [5.74, 6) is -0.286. The number of rotatable bonds is 8. The van der Waals surface area contributed by atoms with Crippen LogP contribution in [0.4, 0.5) is 4.39 Å². The minimum absolute atomic E-state index is 0.0230. The van der Waals surface area contributed by atoms with Gasteiger partial charge < -0.3 is 4.90 Å². The SMILES string of the molecule is CCCCN(Cc1ccc(F)cc1)C(=O)c1cc(CCC)nn1C. The lowest BCUT2D eigenvalue weighted by Crippen LogP contribution is -2.32. The van der Waals surface area contributed by atoms with Gasteiger partial charge in [-0.25, -0.2) is 4.39 Å². The summed E-state index contributed by atoms with van der Waals surface area (Å²) < 4.78 is 14.7. The lowest BCUT2D eigenvalue weighted by Gasteiger charge is -2.22. The topological polar surface area (TPSA) is 38.1 Å². The van der Waals surface area contributed by atoms with Crippen molar-refractivity contribution in [1.82, 2.24) is 14.7 Å². The second kappa shape index (κ2) is 8.62. The highest BCUT2D eigenvalue weighted by molar-refractivity contribution is 5.92. The molecule has 1 heterocycles. The number of aromatic nitrogens is 2. The highest BCUT2D eigenvalue weighted by atomic mass is 19.1. The Balaban J connectivity index is 2.19. The number of hydrogen-bond acceptors (Lipinski definition) is 2. The fraction of sp³-hybridized carbons (Fsp3) is 0.474. The Morgan fingerprint density at radius 3 is 2.54 bits per heavy atom. The fourth-order valence-electron chi connectivity index (χ4n) is 2.68. The van der Waals surface area contributed by atoms with Gasteiger partial charge >= 0.3 is 0 Å². The Morgan fingerprint density at radius 1 is 1.21 bits per heavy atom. The van der Waals surface area contributed by atoms with E-state index in [-0.39, 0.29) is 11.7 Å². The van der Waals surface area contributed by atoms with Crippen LogP contribution in [0.15, 0.2) is 30.3 Å². The van der Waals surface area contributed by atoms with Crippen molar-refractivity contribution in [3.63, 3.8) is 0 Å². The normalized spacial score (nSPS) is 10.8. The van der Waals surface area contributed by atoms with Crippen LogP contribution in [-0.4, -0.2) is 27.1 Å². The summed E-state index contributed by atoms with van der Waals surface area (Å²) in [6.07, 6.45) is 3.82. The quantitative estimate of drug-likeness (QED) is 0.734. The monoisotopic (exact) mass is 331 g/mol. The van der Waals surface area contributed by atoms with Crippen molar-refractivity contribution in [1.29, 1.82) is 0 Å². The number of hydrogen-bond donors (Lipinski definition) is 0. The maximum atomic E-state index is 13.1. The van der Waals surface area contributed by atoms with E-state index in [2.05, 4.69) is 18.9 Å². The largest absolute Gasteiger partial charge is 0.333 e. The number of nitrogens with zero attached hydrogens (tertiary/aromatic N) is 3. The van der Waals surface area contributed by atoms with Gasteiger partial charge in [0.2, 0.25) is 0 Å². The number of aryl methyl sites for hydroxylation is 2. The summed E-state index contributed by atoms with van der Waals surface area (Å²) in [7, 11) is 1.81. The van der Waals surface area contributed by atoms with E-state index in [9.17, 15) is 9.18 Å². The van der Waals surface area contributed by atoms with Crippen LogP contribution in [0.2, 0.25) is 0 Å². The molecule has 0 aliphatic heterocycles. The molecule has 0 atom stereocenters. The first-order valence-electron chi connectivity index (χ1n) is 8.61. The van der Waals surface area contributed by atoms with Crippen molar-refractivity contribution < 1.29 is 9.18 Å². The molecule has 0 N–H and O–H groups in total. The molecule has 0 aliphatic rings. The van der Waals surface area contributed by atoms with E-state index in [0.29, 0.717) is 18.8 Å². The maximum Gasteiger partial charge on any atom is 0.272 e. The minimum Gasteiger partial charge on any atom is -0.333 e. The highest BCUT2D eigenvalue weighted by Gasteiger charge is 2.20. The Hall–Kier alpha value is -2.17. The van der Waals surface area contributed by atoms with Gasteiger partial charge in [-0.05, 0) is 36.6 Å². The molecule has 0 radical (unpaired) electrons. The first-order valence-corrected chi connectivity index (χ1v) is 8.61. The van der Waals surface area contributed by atoms with E-state index >= 15 is 0 Å². The van der Waals surface area contributed by atoms with Gasteiger partial charge in [-0.3, -0.25) is 9.48 Å². The highest BCUT2D eigenvalue weighted by Crippen LogP contribution is 2.14. The van der Waals surface area contributed by atoms with E-state index < -0.39 is 0 Å². The van der Waals surface area contributed by atoms with Crippen molar-refractivity contribution in [3.8, 4) is 0 Å². The molecule has 24 heavy (non-hydrogen) atoms. The van der Waals surface area contributed by atoms with E-state index in [0.717, 1.165) is 36.9 Å². The number of halogens is 1. The molecule has 0 fully saturated rings. The third-order valence-electron chi connectivity index (χ3n) is 4.01. The first-order chi connectivity index (χ1) is 11.5. The van der Waals surface area contributed by atoms with Crippen molar-refractivity contribution in [3.05, 3.63) is 53.1 Å². The standard InChI is InChI=1S/C19H26FN3O/c1-4-6-12-23(14-15-8-10-16(20)11-9-15)19(24)18-13-17(7-5-2)21-22(18)3/h8-11,13H,4-7,12,14H2,1-3H3. The Morgan fingerprint density at radius 2 is 1.92 bits per heavy atom. The third kappa shape index (κ3) is 4.66. The predicted octanol–water partition coefficient (Wildman–Crippen LogP) is 3.95. The Labute approximate surface area is 143 Å². The van der Waals surface area contributed by atoms with Crippen LogP contribution in [-0.2, 0) is 20.0 Å². The van der Waals surface area contributed by atoms with Gasteiger partial charge in [-0.15, -0.1) is 0 Å². The van der Waals surface area contributed by atoms with Crippen LogP contribution < -0.4 is 0 Å². The summed E-state index contributed by atoms with van der Waals surface area (Å²) in [5.41, 5.74) is 2.48. The number of carbonyl (C=O) groups is 1. The van der Waals surface area contributed by atoms with E-state index in [4.69, 9.17) is 0 Å². The molecule has 2 aromatic rings. The number of carbonyl (C=O) groups excluding carboxylic acids is 1. The zero-order valence-corrected chi connectivity index (χ0v) is 14.8. The Kier molecular flexibility index (Phi) is 6.53. The second-order valence-corrected chi connectivity index (χ2v) is 6.10. The molecule has 0 bridgehead atoms. The minimum atomic E-state index is -0.263. The van der Waals surface area contributed by atoms with Crippen LogP contribution in [0.25, 0.3) is 0 Å².